The lowest BCUT2D eigenvalue weighted by Crippen LogP contribution is -2.34. The molecule has 1 aliphatic carbocycles. The first-order valence-corrected chi connectivity index (χ1v) is 13.7. The number of nitrogens with one attached hydrogen (secondary N) is 3. The number of alkyl halides is 2. The summed E-state index contributed by atoms with van der Waals surface area (Å²) in [5.74, 6) is 2.66. The zero-order chi connectivity index (χ0) is 22.6. The molecule has 1 aromatic carbocycles. The van der Waals surface area contributed by atoms with Crippen molar-refractivity contribution in [3.63, 3.8) is 0 Å². The Morgan fingerprint density at radius 3 is 2.69 bits per heavy atom. The number of benzene rings is 1. The predicted molar refractivity (Wildman–Crippen MR) is 151 cm³/mol. The van der Waals surface area contributed by atoms with Gasteiger partial charge in [-0.1, -0.05) is 76.4 Å². The molecule has 0 saturated heterocycles. The zero-order valence-electron chi connectivity index (χ0n) is 18.1. The van der Waals surface area contributed by atoms with Gasteiger partial charge in [0.2, 0.25) is 0 Å². The summed E-state index contributed by atoms with van der Waals surface area (Å²) in [4.78, 5) is 9.89. The van der Waals surface area contributed by atoms with E-state index in [0.717, 1.165) is 68.0 Å². The molecule has 0 radical (unpaired) electrons. The SMILES string of the molecule is CC1(CI)C=CC(c2nc(NCCNC3=CC=C(N)CN3)c3ccccc3n2)=C(CI)C1. The zero-order valence-corrected chi connectivity index (χ0v) is 22.4. The Labute approximate surface area is 216 Å². The molecule has 1 unspecified atom stereocenters. The van der Waals surface area contributed by atoms with Crippen LogP contribution in [0, 0.1) is 5.41 Å². The van der Waals surface area contributed by atoms with Crippen molar-refractivity contribution in [3.8, 4) is 0 Å². The predicted octanol–water partition coefficient (Wildman–Crippen LogP) is 4.51. The number of hydrogen-bond donors (Lipinski definition) is 4. The van der Waals surface area contributed by atoms with Crippen LogP contribution in [0.3, 0.4) is 0 Å². The maximum atomic E-state index is 5.79. The van der Waals surface area contributed by atoms with Gasteiger partial charge < -0.3 is 21.7 Å². The number of para-hydroxylation sites is 1. The number of allylic oxidation sites excluding steroid dienone is 6. The monoisotopic (exact) mass is 654 g/mol. The van der Waals surface area contributed by atoms with Gasteiger partial charge in [0, 0.05) is 38.6 Å². The van der Waals surface area contributed by atoms with Crippen LogP contribution in [0.1, 0.15) is 19.2 Å². The summed E-state index contributed by atoms with van der Waals surface area (Å²) in [5, 5.41) is 11.2. The molecule has 5 N–H and O–H groups in total. The van der Waals surface area contributed by atoms with Gasteiger partial charge in [0.05, 0.1) is 17.9 Å². The van der Waals surface area contributed by atoms with Crippen molar-refractivity contribution in [3.05, 3.63) is 71.5 Å². The van der Waals surface area contributed by atoms with E-state index in [1.807, 2.05) is 24.3 Å². The molecular formula is C24H28I2N6. The lowest BCUT2D eigenvalue weighted by atomic mass is 9.80. The van der Waals surface area contributed by atoms with Crippen molar-refractivity contribution in [2.24, 2.45) is 11.1 Å². The fourth-order valence-corrected chi connectivity index (χ4v) is 5.03. The van der Waals surface area contributed by atoms with E-state index >= 15 is 0 Å². The van der Waals surface area contributed by atoms with E-state index in [1.54, 1.807) is 0 Å². The molecular weight excluding hydrogens is 626 g/mol. The van der Waals surface area contributed by atoms with Gasteiger partial charge in [-0.25, -0.2) is 9.97 Å². The van der Waals surface area contributed by atoms with Crippen molar-refractivity contribution in [2.75, 3.05) is 33.8 Å². The lowest BCUT2D eigenvalue weighted by molar-refractivity contribution is 0.492. The molecule has 0 saturated carbocycles. The van der Waals surface area contributed by atoms with Crippen molar-refractivity contribution < 1.29 is 0 Å². The fourth-order valence-electron chi connectivity index (χ4n) is 3.82. The van der Waals surface area contributed by atoms with Crippen molar-refractivity contribution in [1.82, 2.24) is 20.6 Å². The Hall–Kier alpha value is -1.82. The first-order chi connectivity index (χ1) is 15.5. The van der Waals surface area contributed by atoms with Gasteiger partial charge in [-0.2, -0.15) is 0 Å². The van der Waals surface area contributed by atoms with Gasteiger partial charge in [-0.15, -0.1) is 0 Å². The molecule has 2 aliphatic rings. The quantitative estimate of drug-likeness (QED) is 0.191. The molecule has 8 heteroatoms. The smallest absolute Gasteiger partial charge is 0.162 e. The largest absolute Gasteiger partial charge is 0.401 e. The highest BCUT2D eigenvalue weighted by molar-refractivity contribution is 14.1. The number of nitrogens with two attached hydrogens (primary N) is 1. The topological polar surface area (TPSA) is 87.9 Å². The Kier molecular flexibility index (Phi) is 7.59. The Balaban J connectivity index is 1.56. The summed E-state index contributed by atoms with van der Waals surface area (Å²) in [6.45, 7) is 4.49. The van der Waals surface area contributed by atoms with E-state index in [4.69, 9.17) is 15.7 Å². The average Bonchev–Trinajstić information content (AvgIpc) is 2.82. The molecule has 32 heavy (non-hydrogen) atoms. The summed E-state index contributed by atoms with van der Waals surface area (Å²) in [5.41, 5.74) is 10.4. The van der Waals surface area contributed by atoms with Gasteiger partial charge in [0.1, 0.15) is 5.82 Å². The van der Waals surface area contributed by atoms with E-state index in [1.165, 1.54) is 5.57 Å². The molecule has 168 valence electrons. The van der Waals surface area contributed by atoms with Gasteiger partial charge in [0.25, 0.3) is 0 Å². The third-order valence-corrected chi connectivity index (χ3v) is 8.30. The number of anilines is 1. The highest BCUT2D eigenvalue weighted by Gasteiger charge is 2.27. The van der Waals surface area contributed by atoms with Crippen LogP contribution in [-0.4, -0.2) is 38.5 Å². The minimum atomic E-state index is 0.204. The van der Waals surface area contributed by atoms with Crippen LogP contribution in [0.2, 0.25) is 0 Å². The van der Waals surface area contributed by atoms with Crippen molar-refractivity contribution in [1.29, 1.82) is 0 Å². The third kappa shape index (κ3) is 5.38. The van der Waals surface area contributed by atoms with Crippen molar-refractivity contribution in [2.45, 2.75) is 13.3 Å². The first kappa shape index (κ1) is 23.3. The van der Waals surface area contributed by atoms with Crippen LogP contribution in [0.5, 0.6) is 0 Å². The average molecular weight is 654 g/mol. The summed E-state index contributed by atoms with van der Waals surface area (Å²) in [7, 11) is 0. The highest BCUT2D eigenvalue weighted by Crippen LogP contribution is 2.39. The Bertz CT molecular complexity index is 1120. The number of dihydropyridines is 1. The Morgan fingerprint density at radius 1 is 1.12 bits per heavy atom. The molecule has 1 aliphatic heterocycles. The van der Waals surface area contributed by atoms with Crippen LogP contribution in [0.15, 0.2) is 65.7 Å². The molecule has 0 spiro atoms. The molecule has 6 nitrogen and oxygen atoms in total. The van der Waals surface area contributed by atoms with E-state index in [9.17, 15) is 0 Å². The second-order valence-electron chi connectivity index (χ2n) is 8.39. The van der Waals surface area contributed by atoms with Crippen LogP contribution in [0.4, 0.5) is 5.82 Å². The molecule has 0 bridgehead atoms. The van der Waals surface area contributed by atoms with Crippen LogP contribution in [0.25, 0.3) is 16.5 Å². The second-order valence-corrected chi connectivity index (χ2v) is 9.92. The molecule has 1 atom stereocenters. The number of hydrogen-bond acceptors (Lipinski definition) is 6. The molecule has 0 amide bonds. The van der Waals surface area contributed by atoms with Gasteiger partial charge >= 0.3 is 0 Å². The lowest BCUT2D eigenvalue weighted by Gasteiger charge is -2.29. The second kappa shape index (κ2) is 10.4. The van der Waals surface area contributed by atoms with E-state index in [0.29, 0.717) is 6.54 Å². The van der Waals surface area contributed by atoms with E-state index in [-0.39, 0.29) is 5.41 Å². The summed E-state index contributed by atoms with van der Waals surface area (Å²) >= 11 is 4.94. The molecule has 2 heterocycles. The standard InChI is InChI=1S/C24H28I2N6/c1-24(15-26)9-8-18(16(12-24)13-25)23-31-20-5-3-2-4-19(20)22(32-23)29-11-10-28-21-7-6-17(27)14-30-21/h2-9,28,30H,10-15,27H2,1H3,(H,29,31,32). The molecule has 4 rings (SSSR count). The number of rotatable bonds is 8. The summed E-state index contributed by atoms with van der Waals surface area (Å²) in [6, 6.07) is 8.20. The van der Waals surface area contributed by atoms with Gasteiger partial charge in [-0.05, 0) is 41.7 Å². The van der Waals surface area contributed by atoms with Crippen LogP contribution in [-0.2, 0) is 0 Å². The van der Waals surface area contributed by atoms with Crippen LogP contribution >= 0.6 is 45.2 Å². The minimum absolute atomic E-state index is 0.204. The fraction of sp³-hybridized carbons (Fsp3) is 0.333. The maximum Gasteiger partial charge on any atom is 0.162 e. The third-order valence-electron chi connectivity index (χ3n) is 5.64. The molecule has 1 aromatic heterocycles. The van der Waals surface area contributed by atoms with E-state index < -0.39 is 0 Å². The van der Waals surface area contributed by atoms with Crippen LogP contribution < -0.4 is 21.7 Å². The number of nitrogens with zero attached hydrogens (tertiary/aromatic N) is 2. The number of fused-ring (bicyclic) bond motifs is 1. The van der Waals surface area contributed by atoms with Gasteiger partial charge in [-0.3, -0.25) is 0 Å². The summed E-state index contributed by atoms with van der Waals surface area (Å²) < 4.78 is 2.08. The van der Waals surface area contributed by atoms with Crippen molar-refractivity contribution >= 4 is 67.5 Å². The number of aromatic nitrogens is 2. The molecule has 0 fully saturated rings. The van der Waals surface area contributed by atoms with Gasteiger partial charge in [0.15, 0.2) is 5.82 Å². The molecule has 2 aromatic rings. The highest BCUT2D eigenvalue weighted by atomic mass is 127. The first-order valence-electron chi connectivity index (χ1n) is 10.7. The normalized spacial score (nSPS) is 20.6. The maximum absolute atomic E-state index is 5.79. The Morgan fingerprint density at radius 2 is 1.94 bits per heavy atom. The minimum Gasteiger partial charge on any atom is -0.401 e. The number of halogens is 2. The summed E-state index contributed by atoms with van der Waals surface area (Å²) in [6.07, 6.45) is 9.50. The van der Waals surface area contributed by atoms with E-state index in [2.05, 4.69) is 92.3 Å².